The molecule has 0 aliphatic rings. The van der Waals surface area contributed by atoms with Crippen molar-refractivity contribution in [1.82, 2.24) is 4.90 Å². The lowest BCUT2D eigenvalue weighted by Crippen LogP contribution is -2.30. The molecule has 0 spiro atoms. The number of benzene rings is 1. The first-order valence-corrected chi connectivity index (χ1v) is 6.14. The number of hydrogen-bond acceptors (Lipinski definition) is 3. The highest BCUT2D eigenvalue weighted by Crippen LogP contribution is 2.23. The molecule has 1 rings (SSSR count). The molecule has 0 heterocycles. The third-order valence-corrected chi connectivity index (χ3v) is 2.93. The highest BCUT2D eigenvalue weighted by molar-refractivity contribution is 9.10. The lowest BCUT2D eigenvalue weighted by Gasteiger charge is -2.17. The minimum atomic E-state index is -0.258. The number of phenolic OH excluding ortho intramolecular Hbond substituents is 1. The summed E-state index contributed by atoms with van der Waals surface area (Å²) >= 11 is 7.96. The number of rotatable bonds is 4. The first kappa shape index (κ1) is 13.9. The van der Waals surface area contributed by atoms with Crippen molar-refractivity contribution in [1.29, 1.82) is 0 Å². The van der Waals surface area contributed by atoms with E-state index in [9.17, 15) is 9.90 Å². The zero-order chi connectivity index (χ0) is 13.0. The second-order valence-corrected chi connectivity index (χ2v) is 5.04. The molecule has 1 aromatic rings. The molecule has 0 atom stereocenters. The molecule has 92 valence electrons. The van der Waals surface area contributed by atoms with Crippen molar-refractivity contribution in [2.24, 2.45) is 5.73 Å². The van der Waals surface area contributed by atoms with Crippen LogP contribution in [-0.4, -0.2) is 34.5 Å². The summed E-state index contributed by atoms with van der Waals surface area (Å²) in [6, 6.07) is 4.75. The average molecular weight is 317 g/mol. The van der Waals surface area contributed by atoms with Gasteiger partial charge in [-0.25, -0.2) is 0 Å². The van der Waals surface area contributed by atoms with Crippen molar-refractivity contribution < 1.29 is 9.90 Å². The van der Waals surface area contributed by atoms with Gasteiger partial charge in [0.1, 0.15) is 5.75 Å². The molecule has 17 heavy (non-hydrogen) atoms. The van der Waals surface area contributed by atoms with Crippen LogP contribution in [0.4, 0.5) is 0 Å². The first-order chi connectivity index (χ1) is 7.91. The van der Waals surface area contributed by atoms with Gasteiger partial charge in [0, 0.05) is 24.5 Å². The van der Waals surface area contributed by atoms with E-state index in [-0.39, 0.29) is 17.2 Å². The molecule has 0 radical (unpaired) electrons. The molecule has 1 amide bonds. The van der Waals surface area contributed by atoms with Gasteiger partial charge in [-0.15, -0.1) is 0 Å². The molecule has 0 bridgehead atoms. The Bertz CT molecular complexity index is 451. The van der Waals surface area contributed by atoms with Crippen LogP contribution >= 0.6 is 28.1 Å². The number of carbonyl (C=O) groups is 1. The first-order valence-electron chi connectivity index (χ1n) is 4.94. The Morgan fingerprint density at radius 3 is 2.76 bits per heavy atom. The third-order valence-electron chi connectivity index (χ3n) is 2.23. The molecule has 1 aromatic carbocycles. The standard InChI is InChI=1S/C11H13BrN2O2S/c1-14(5-4-10(13)17)11(16)8-3-2-7(12)6-9(8)15/h2-3,6,15H,4-5H2,1H3,(H2,13,17). The van der Waals surface area contributed by atoms with Crippen LogP contribution in [0.25, 0.3) is 0 Å². The van der Waals surface area contributed by atoms with Crippen molar-refractivity contribution in [3.05, 3.63) is 28.2 Å². The maximum absolute atomic E-state index is 12.0. The molecular weight excluding hydrogens is 304 g/mol. The van der Waals surface area contributed by atoms with E-state index in [1.807, 2.05) is 0 Å². The summed E-state index contributed by atoms with van der Waals surface area (Å²) in [5.41, 5.74) is 5.63. The second-order valence-electron chi connectivity index (χ2n) is 3.60. The molecule has 0 saturated carbocycles. The lowest BCUT2D eigenvalue weighted by atomic mass is 10.2. The Morgan fingerprint density at radius 1 is 1.59 bits per heavy atom. The van der Waals surface area contributed by atoms with Crippen molar-refractivity contribution in [3.8, 4) is 5.75 Å². The van der Waals surface area contributed by atoms with Crippen LogP contribution < -0.4 is 5.73 Å². The predicted octanol–water partition coefficient (Wildman–Crippen LogP) is 1.90. The van der Waals surface area contributed by atoms with E-state index in [0.717, 1.165) is 4.47 Å². The molecule has 0 aliphatic carbocycles. The largest absolute Gasteiger partial charge is 0.507 e. The maximum atomic E-state index is 12.0. The quantitative estimate of drug-likeness (QED) is 0.833. The Balaban J connectivity index is 2.78. The highest BCUT2D eigenvalue weighted by atomic mass is 79.9. The van der Waals surface area contributed by atoms with Crippen LogP contribution in [0.2, 0.25) is 0 Å². The molecule has 0 unspecified atom stereocenters. The Labute approximate surface area is 114 Å². The summed E-state index contributed by atoms with van der Waals surface area (Å²) in [7, 11) is 1.64. The fraction of sp³-hybridized carbons (Fsp3) is 0.273. The summed E-state index contributed by atoms with van der Waals surface area (Å²) < 4.78 is 0.720. The van der Waals surface area contributed by atoms with Gasteiger partial charge in [0.2, 0.25) is 0 Å². The van der Waals surface area contributed by atoms with Crippen LogP contribution in [0.3, 0.4) is 0 Å². The second kappa shape index (κ2) is 5.97. The lowest BCUT2D eigenvalue weighted by molar-refractivity contribution is 0.0796. The number of aromatic hydroxyl groups is 1. The summed E-state index contributed by atoms with van der Waals surface area (Å²) in [5.74, 6) is -0.308. The molecule has 0 fully saturated rings. The van der Waals surface area contributed by atoms with Gasteiger partial charge in [0.05, 0.1) is 10.6 Å². The highest BCUT2D eigenvalue weighted by Gasteiger charge is 2.15. The monoisotopic (exact) mass is 316 g/mol. The predicted molar refractivity (Wildman–Crippen MR) is 74.2 cm³/mol. The van der Waals surface area contributed by atoms with E-state index < -0.39 is 0 Å². The van der Waals surface area contributed by atoms with Crippen molar-refractivity contribution in [3.63, 3.8) is 0 Å². The topological polar surface area (TPSA) is 66.6 Å². The average Bonchev–Trinajstić information content (AvgIpc) is 2.25. The van der Waals surface area contributed by atoms with Crippen molar-refractivity contribution >= 4 is 39.0 Å². The van der Waals surface area contributed by atoms with Crippen LogP contribution in [0.5, 0.6) is 5.75 Å². The molecule has 3 N–H and O–H groups in total. The van der Waals surface area contributed by atoms with Gasteiger partial charge in [-0.1, -0.05) is 28.1 Å². The minimum absolute atomic E-state index is 0.0495. The van der Waals surface area contributed by atoms with E-state index in [4.69, 9.17) is 18.0 Å². The van der Waals surface area contributed by atoms with Crippen LogP contribution in [0, 0.1) is 0 Å². The number of halogens is 1. The van der Waals surface area contributed by atoms with E-state index in [1.165, 1.54) is 11.0 Å². The Morgan fingerprint density at radius 2 is 2.24 bits per heavy atom. The number of hydrogen-bond donors (Lipinski definition) is 2. The van der Waals surface area contributed by atoms with Gasteiger partial charge < -0.3 is 15.7 Å². The van der Waals surface area contributed by atoms with E-state index >= 15 is 0 Å². The van der Waals surface area contributed by atoms with Crippen LogP contribution in [0.1, 0.15) is 16.8 Å². The van der Waals surface area contributed by atoms with Gasteiger partial charge in [-0.05, 0) is 18.2 Å². The SMILES string of the molecule is CN(CCC(N)=S)C(=O)c1ccc(Br)cc1O. The van der Waals surface area contributed by atoms with Crippen molar-refractivity contribution in [2.75, 3.05) is 13.6 Å². The number of nitrogens with zero attached hydrogens (tertiary/aromatic N) is 1. The number of phenols is 1. The number of nitrogens with two attached hydrogens (primary N) is 1. The molecule has 0 aliphatic heterocycles. The molecular formula is C11H13BrN2O2S. The number of amides is 1. The molecule has 0 aromatic heterocycles. The van der Waals surface area contributed by atoms with E-state index in [2.05, 4.69) is 15.9 Å². The maximum Gasteiger partial charge on any atom is 0.257 e. The Hall–Kier alpha value is -1.14. The van der Waals surface area contributed by atoms with Gasteiger partial charge in [0.15, 0.2) is 0 Å². The molecule has 4 nitrogen and oxygen atoms in total. The van der Waals surface area contributed by atoms with Crippen LogP contribution in [0.15, 0.2) is 22.7 Å². The summed E-state index contributed by atoms with van der Waals surface area (Å²) in [5, 5.41) is 9.66. The third kappa shape index (κ3) is 3.98. The number of thiocarbonyl (C=S) groups is 1. The van der Waals surface area contributed by atoms with E-state index in [0.29, 0.717) is 18.0 Å². The van der Waals surface area contributed by atoms with Gasteiger partial charge >= 0.3 is 0 Å². The Kier molecular flexibility index (Phi) is 4.89. The van der Waals surface area contributed by atoms with Gasteiger partial charge in [-0.3, -0.25) is 4.79 Å². The zero-order valence-electron chi connectivity index (χ0n) is 9.31. The molecule has 6 heteroatoms. The number of carbonyl (C=O) groups excluding carboxylic acids is 1. The summed E-state index contributed by atoms with van der Waals surface area (Å²) in [6.07, 6.45) is 0.467. The fourth-order valence-electron chi connectivity index (χ4n) is 1.27. The smallest absolute Gasteiger partial charge is 0.257 e. The van der Waals surface area contributed by atoms with Crippen molar-refractivity contribution in [2.45, 2.75) is 6.42 Å². The fourth-order valence-corrected chi connectivity index (χ4v) is 1.71. The van der Waals surface area contributed by atoms with Crippen LogP contribution in [-0.2, 0) is 0 Å². The van der Waals surface area contributed by atoms with E-state index in [1.54, 1.807) is 19.2 Å². The van der Waals surface area contributed by atoms with Gasteiger partial charge in [-0.2, -0.15) is 0 Å². The summed E-state index contributed by atoms with van der Waals surface area (Å²) in [4.78, 5) is 13.8. The zero-order valence-corrected chi connectivity index (χ0v) is 11.7. The van der Waals surface area contributed by atoms with Gasteiger partial charge in [0.25, 0.3) is 5.91 Å². The normalized spacial score (nSPS) is 10.0. The summed E-state index contributed by atoms with van der Waals surface area (Å²) in [6.45, 7) is 0.434. The molecule has 0 saturated heterocycles. The minimum Gasteiger partial charge on any atom is -0.507 e.